The van der Waals surface area contributed by atoms with Gasteiger partial charge in [-0.05, 0) is 55.0 Å². The monoisotopic (exact) mass is 469 g/mol. The smallest absolute Gasteiger partial charge is 0.303 e. The van der Waals surface area contributed by atoms with Crippen molar-refractivity contribution in [1.29, 1.82) is 0 Å². The highest BCUT2D eigenvalue weighted by Gasteiger charge is 2.16. The van der Waals surface area contributed by atoms with Gasteiger partial charge in [-0.15, -0.1) is 0 Å². The number of carbonyl (C=O) groups is 1. The molecule has 9 heteroatoms. The third-order valence-corrected chi connectivity index (χ3v) is 6.67. The van der Waals surface area contributed by atoms with Gasteiger partial charge in [0.2, 0.25) is 0 Å². The van der Waals surface area contributed by atoms with Gasteiger partial charge in [0, 0.05) is 64.3 Å². The summed E-state index contributed by atoms with van der Waals surface area (Å²) in [6.07, 6.45) is 5.92. The number of hydrogen-bond acceptors (Lipinski definition) is 4. The summed E-state index contributed by atoms with van der Waals surface area (Å²) in [5, 5.41) is 10.2. The van der Waals surface area contributed by atoms with Gasteiger partial charge in [0.25, 0.3) is 10.0 Å². The van der Waals surface area contributed by atoms with Gasteiger partial charge in [0.1, 0.15) is 0 Å². The Balaban J connectivity index is 1.73. The molecule has 0 unspecified atom stereocenters. The van der Waals surface area contributed by atoms with E-state index in [4.69, 9.17) is 16.7 Å². The molecule has 32 heavy (non-hydrogen) atoms. The second-order valence-corrected chi connectivity index (χ2v) is 9.39. The Morgan fingerprint density at radius 3 is 2.59 bits per heavy atom. The first-order chi connectivity index (χ1) is 15.3. The molecule has 0 amide bonds. The van der Waals surface area contributed by atoms with E-state index in [-0.39, 0.29) is 11.3 Å². The van der Waals surface area contributed by atoms with Crippen molar-refractivity contribution in [1.82, 2.24) is 9.55 Å². The van der Waals surface area contributed by atoms with Crippen LogP contribution in [-0.4, -0.2) is 29.0 Å². The summed E-state index contributed by atoms with van der Waals surface area (Å²) >= 11 is 5.86. The number of sulfonamides is 1. The van der Waals surface area contributed by atoms with E-state index in [9.17, 15) is 13.2 Å². The van der Waals surface area contributed by atoms with Crippen molar-refractivity contribution in [3.05, 3.63) is 78.2 Å². The van der Waals surface area contributed by atoms with Crippen molar-refractivity contribution in [2.45, 2.75) is 24.3 Å². The number of carboxylic acids is 1. The molecule has 0 saturated carbocycles. The van der Waals surface area contributed by atoms with Gasteiger partial charge >= 0.3 is 5.97 Å². The van der Waals surface area contributed by atoms with Crippen LogP contribution in [0.1, 0.15) is 12.8 Å². The van der Waals surface area contributed by atoms with Crippen molar-refractivity contribution in [3.8, 4) is 11.1 Å². The molecule has 2 aromatic carbocycles. The van der Waals surface area contributed by atoms with E-state index in [1.54, 1.807) is 24.5 Å². The van der Waals surface area contributed by atoms with E-state index in [2.05, 4.69) is 9.71 Å². The number of fused-ring (bicyclic) bond motifs is 1. The number of nitrogens with zero attached hydrogens (tertiary/aromatic N) is 2. The Kier molecular flexibility index (Phi) is 6.16. The number of pyridine rings is 1. The zero-order valence-corrected chi connectivity index (χ0v) is 18.5. The van der Waals surface area contributed by atoms with Crippen molar-refractivity contribution in [2.75, 3.05) is 4.72 Å². The van der Waals surface area contributed by atoms with Crippen LogP contribution in [-0.2, 0) is 21.4 Å². The maximum absolute atomic E-state index is 12.8. The molecule has 0 aliphatic rings. The first-order valence-electron chi connectivity index (χ1n) is 9.87. The van der Waals surface area contributed by atoms with E-state index in [0.29, 0.717) is 23.7 Å². The topological polar surface area (TPSA) is 101 Å². The highest BCUT2D eigenvalue weighted by molar-refractivity contribution is 7.92. The van der Waals surface area contributed by atoms with Crippen molar-refractivity contribution >= 4 is 44.2 Å². The molecular weight excluding hydrogens is 450 g/mol. The number of aromatic nitrogens is 2. The van der Waals surface area contributed by atoms with Gasteiger partial charge in [0.05, 0.1) is 4.90 Å². The fourth-order valence-electron chi connectivity index (χ4n) is 3.53. The third kappa shape index (κ3) is 4.76. The fraction of sp³-hybridized carbons (Fsp3) is 0.130. The minimum Gasteiger partial charge on any atom is -0.481 e. The molecule has 0 spiro atoms. The number of anilines is 1. The molecule has 0 atom stereocenters. The van der Waals surface area contributed by atoms with Gasteiger partial charge in [-0.25, -0.2) is 8.42 Å². The van der Waals surface area contributed by atoms with Crippen LogP contribution >= 0.6 is 11.6 Å². The minimum absolute atomic E-state index is 0.0703. The molecule has 7 nitrogen and oxygen atoms in total. The van der Waals surface area contributed by atoms with Crippen LogP contribution in [0.15, 0.2) is 78.1 Å². The maximum atomic E-state index is 12.8. The van der Waals surface area contributed by atoms with Gasteiger partial charge in [0.15, 0.2) is 0 Å². The number of rotatable bonds is 8. The van der Waals surface area contributed by atoms with Gasteiger partial charge in [-0.3, -0.25) is 14.5 Å². The lowest BCUT2D eigenvalue weighted by Gasteiger charge is -2.10. The molecular formula is C23H20ClN3O4S. The first kappa shape index (κ1) is 21.9. The standard InChI is InChI=1S/C23H20ClN3O4S/c24-17-5-8-19(9-6-17)32(30,31)26-18-7-10-22-20(13-18)21(16-3-1-11-25-14-16)15-27(22)12-2-4-23(28)29/h1,3,5-11,13-15,26H,2,4,12H2,(H,28,29). The highest BCUT2D eigenvalue weighted by Crippen LogP contribution is 2.33. The maximum Gasteiger partial charge on any atom is 0.303 e. The predicted molar refractivity (Wildman–Crippen MR) is 124 cm³/mol. The van der Waals surface area contributed by atoms with Crippen molar-refractivity contribution < 1.29 is 18.3 Å². The van der Waals surface area contributed by atoms with Crippen molar-refractivity contribution in [3.63, 3.8) is 0 Å². The molecule has 0 radical (unpaired) electrons. The molecule has 4 rings (SSSR count). The largest absolute Gasteiger partial charge is 0.481 e. The number of hydrogen-bond donors (Lipinski definition) is 2. The number of carboxylic acid groups (broad SMARTS) is 1. The Labute approximate surface area is 190 Å². The van der Waals surface area contributed by atoms with E-state index >= 15 is 0 Å². The van der Waals surface area contributed by atoms with Crippen LogP contribution in [0.25, 0.3) is 22.0 Å². The summed E-state index contributed by atoms with van der Waals surface area (Å²) < 4.78 is 30.2. The summed E-state index contributed by atoms with van der Waals surface area (Å²) in [7, 11) is -3.79. The number of benzene rings is 2. The Bertz CT molecular complexity index is 1370. The summed E-state index contributed by atoms with van der Waals surface area (Å²) in [6.45, 7) is 0.527. The minimum atomic E-state index is -3.79. The second kappa shape index (κ2) is 9.02. The number of aliphatic carboxylic acids is 1. The molecule has 4 aromatic rings. The molecule has 0 bridgehead atoms. The molecule has 2 N–H and O–H groups in total. The predicted octanol–water partition coefficient (Wildman–Crippen LogP) is 5.02. The van der Waals surface area contributed by atoms with Crippen LogP contribution in [0.4, 0.5) is 5.69 Å². The molecule has 0 aliphatic carbocycles. The molecule has 0 aliphatic heterocycles. The van der Waals surface area contributed by atoms with Crippen LogP contribution in [0, 0.1) is 0 Å². The van der Waals surface area contributed by atoms with Crippen LogP contribution in [0.5, 0.6) is 0 Å². The molecule has 2 aromatic heterocycles. The lowest BCUT2D eigenvalue weighted by Crippen LogP contribution is -2.12. The second-order valence-electron chi connectivity index (χ2n) is 7.27. The number of aryl methyl sites for hydroxylation is 1. The van der Waals surface area contributed by atoms with E-state index in [1.807, 2.05) is 29.0 Å². The number of halogens is 1. The van der Waals surface area contributed by atoms with Crippen molar-refractivity contribution in [2.24, 2.45) is 0 Å². The Morgan fingerprint density at radius 2 is 1.91 bits per heavy atom. The fourth-order valence-corrected chi connectivity index (χ4v) is 4.70. The van der Waals surface area contributed by atoms with Crippen LogP contribution in [0.2, 0.25) is 5.02 Å². The van der Waals surface area contributed by atoms with Gasteiger partial charge in [-0.2, -0.15) is 0 Å². The average molecular weight is 470 g/mol. The zero-order chi connectivity index (χ0) is 22.7. The zero-order valence-electron chi connectivity index (χ0n) is 16.9. The Hall–Kier alpha value is -3.36. The number of nitrogens with one attached hydrogen (secondary N) is 1. The summed E-state index contributed by atoms with van der Waals surface area (Å²) in [5.41, 5.74) is 3.06. The Morgan fingerprint density at radius 1 is 1.12 bits per heavy atom. The lowest BCUT2D eigenvalue weighted by molar-refractivity contribution is -0.137. The molecule has 164 valence electrons. The van der Waals surface area contributed by atoms with Crippen LogP contribution < -0.4 is 4.72 Å². The summed E-state index contributed by atoms with van der Waals surface area (Å²) in [6, 6.07) is 15.0. The summed E-state index contributed by atoms with van der Waals surface area (Å²) in [5.74, 6) is -0.840. The van der Waals surface area contributed by atoms with Gasteiger partial charge < -0.3 is 9.67 Å². The molecule has 0 saturated heterocycles. The lowest BCUT2D eigenvalue weighted by atomic mass is 10.1. The normalized spacial score (nSPS) is 11.5. The average Bonchev–Trinajstić information content (AvgIpc) is 3.12. The van der Waals surface area contributed by atoms with E-state index in [0.717, 1.165) is 22.0 Å². The quantitative estimate of drug-likeness (QED) is 0.377. The first-order valence-corrected chi connectivity index (χ1v) is 11.7. The molecule has 0 fully saturated rings. The molecule has 2 heterocycles. The van der Waals surface area contributed by atoms with E-state index < -0.39 is 16.0 Å². The third-order valence-electron chi connectivity index (χ3n) is 5.02. The van der Waals surface area contributed by atoms with Gasteiger partial charge in [-0.1, -0.05) is 17.7 Å². The van der Waals surface area contributed by atoms with Crippen LogP contribution in [0.3, 0.4) is 0 Å². The van der Waals surface area contributed by atoms with E-state index in [1.165, 1.54) is 24.3 Å². The SMILES string of the molecule is O=C(O)CCCn1cc(-c2cccnc2)c2cc(NS(=O)(=O)c3ccc(Cl)cc3)ccc21. The highest BCUT2D eigenvalue weighted by atomic mass is 35.5. The summed E-state index contributed by atoms with van der Waals surface area (Å²) in [4.78, 5) is 15.2.